The topological polar surface area (TPSA) is 69.9 Å². The molecular formula is C6H16O4Si. The van der Waals surface area contributed by atoms with Crippen LogP contribution in [0.5, 0.6) is 0 Å². The third kappa shape index (κ3) is 10.1. The maximum atomic E-state index is 8.40. The zero-order chi connectivity index (χ0) is 8.74. The highest BCUT2D eigenvalue weighted by Crippen LogP contribution is 2.00. The van der Waals surface area contributed by atoms with Crippen molar-refractivity contribution >= 4 is 9.05 Å². The van der Waals surface area contributed by atoms with E-state index in [-0.39, 0.29) is 6.61 Å². The van der Waals surface area contributed by atoms with Gasteiger partial charge in [-0.25, -0.2) is 0 Å². The second-order valence-corrected chi connectivity index (χ2v) is 3.92. The van der Waals surface area contributed by atoms with Gasteiger partial charge in [0, 0.05) is 6.61 Å². The molecule has 0 amide bonds. The third-order valence-corrected chi connectivity index (χ3v) is 1.89. The number of hydrogen-bond acceptors (Lipinski definition) is 4. The van der Waals surface area contributed by atoms with E-state index in [1.807, 2.05) is 0 Å². The standard InChI is InChI=1S/C6H16O4Si/c1-2-3-4-5-6-10-11(7,8)9/h7-9H,2-6H2,1H3. The summed E-state index contributed by atoms with van der Waals surface area (Å²) in [4.78, 5) is 25.2. The zero-order valence-electron chi connectivity index (χ0n) is 6.79. The molecule has 5 heteroatoms. The predicted molar refractivity (Wildman–Crippen MR) is 42.5 cm³/mol. The van der Waals surface area contributed by atoms with E-state index >= 15 is 0 Å². The summed E-state index contributed by atoms with van der Waals surface area (Å²) in [6, 6.07) is 0. The lowest BCUT2D eigenvalue weighted by molar-refractivity contribution is 0.0618. The van der Waals surface area contributed by atoms with Crippen LogP contribution < -0.4 is 0 Å². The molecule has 0 fully saturated rings. The molecule has 0 radical (unpaired) electrons. The lowest BCUT2D eigenvalue weighted by Gasteiger charge is -2.08. The summed E-state index contributed by atoms with van der Waals surface area (Å²) in [6.07, 6.45) is 4.01. The second kappa shape index (κ2) is 5.67. The first kappa shape index (κ1) is 11.1. The zero-order valence-corrected chi connectivity index (χ0v) is 7.79. The van der Waals surface area contributed by atoms with Gasteiger partial charge in [0.15, 0.2) is 0 Å². The molecule has 4 nitrogen and oxygen atoms in total. The first-order valence-electron chi connectivity index (χ1n) is 3.87. The lowest BCUT2D eigenvalue weighted by Crippen LogP contribution is -2.39. The molecule has 0 aliphatic heterocycles. The molecule has 0 bridgehead atoms. The molecule has 0 aliphatic carbocycles. The fourth-order valence-electron chi connectivity index (χ4n) is 0.738. The summed E-state index contributed by atoms with van der Waals surface area (Å²) in [5.41, 5.74) is 0. The molecule has 11 heavy (non-hydrogen) atoms. The van der Waals surface area contributed by atoms with Gasteiger partial charge >= 0.3 is 9.05 Å². The van der Waals surface area contributed by atoms with Gasteiger partial charge < -0.3 is 18.8 Å². The van der Waals surface area contributed by atoms with Crippen LogP contribution in [0.1, 0.15) is 32.6 Å². The Balaban J connectivity index is 3.02. The first-order valence-corrected chi connectivity index (χ1v) is 5.62. The van der Waals surface area contributed by atoms with E-state index in [2.05, 4.69) is 11.3 Å². The molecule has 0 rings (SSSR count). The summed E-state index contributed by atoms with van der Waals surface area (Å²) < 4.78 is 4.38. The molecule has 0 saturated carbocycles. The van der Waals surface area contributed by atoms with Gasteiger partial charge in [-0.15, -0.1) is 0 Å². The van der Waals surface area contributed by atoms with Crippen molar-refractivity contribution < 1.29 is 18.8 Å². The second-order valence-electron chi connectivity index (χ2n) is 2.48. The van der Waals surface area contributed by atoms with Crippen molar-refractivity contribution in [3.63, 3.8) is 0 Å². The Hall–Kier alpha value is 0.0569. The fourth-order valence-corrected chi connectivity index (χ4v) is 1.16. The fraction of sp³-hybridized carbons (Fsp3) is 1.00. The van der Waals surface area contributed by atoms with Crippen LogP contribution >= 0.6 is 0 Å². The minimum atomic E-state index is -4.22. The first-order chi connectivity index (χ1) is 5.06. The van der Waals surface area contributed by atoms with E-state index in [1.54, 1.807) is 0 Å². The molecule has 0 aliphatic rings. The minimum absolute atomic E-state index is 0.232. The average Bonchev–Trinajstić information content (AvgIpc) is 1.85. The summed E-state index contributed by atoms with van der Waals surface area (Å²) in [5, 5.41) is 0. The molecule has 68 valence electrons. The quantitative estimate of drug-likeness (QED) is 0.397. The minimum Gasteiger partial charge on any atom is -0.368 e. The Labute approximate surface area is 67.9 Å². The van der Waals surface area contributed by atoms with Crippen molar-refractivity contribution in [2.45, 2.75) is 32.6 Å². The Morgan fingerprint density at radius 2 is 1.73 bits per heavy atom. The number of hydrogen-bond donors (Lipinski definition) is 3. The van der Waals surface area contributed by atoms with Crippen LogP contribution in [0.2, 0.25) is 0 Å². The van der Waals surface area contributed by atoms with E-state index in [4.69, 9.17) is 14.4 Å². The molecule has 0 unspecified atom stereocenters. The van der Waals surface area contributed by atoms with Crippen molar-refractivity contribution in [1.82, 2.24) is 0 Å². The molecule has 0 spiro atoms. The van der Waals surface area contributed by atoms with E-state index in [0.29, 0.717) is 0 Å². The van der Waals surface area contributed by atoms with E-state index < -0.39 is 9.05 Å². The third-order valence-electron chi connectivity index (χ3n) is 1.29. The van der Waals surface area contributed by atoms with Gasteiger partial charge in [0.05, 0.1) is 0 Å². The van der Waals surface area contributed by atoms with Gasteiger partial charge in [0.1, 0.15) is 0 Å². The Kier molecular flexibility index (Phi) is 5.70. The van der Waals surface area contributed by atoms with Crippen LogP contribution in [0.3, 0.4) is 0 Å². The Morgan fingerprint density at radius 3 is 2.18 bits per heavy atom. The monoisotopic (exact) mass is 180 g/mol. The summed E-state index contributed by atoms with van der Waals surface area (Å²) in [5.74, 6) is 0. The van der Waals surface area contributed by atoms with Gasteiger partial charge in [0.25, 0.3) is 0 Å². The SMILES string of the molecule is CCCCCCO[Si](O)(O)O. The van der Waals surface area contributed by atoms with Crippen LogP contribution in [0.15, 0.2) is 0 Å². The Morgan fingerprint density at radius 1 is 1.09 bits per heavy atom. The molecule has 0 aromatic heterocycles. The van der Waals surface area contributed by atoms with Crippen LogP contribution in [0.25, 0.3) is 0 Å². The van der Waals surface area contributed by atoms with Crippen LogP contribution in [0, 0.1) is 0 Å². The molecule has 0 aromatic carbocycles. The van der Waals surface area contributed by atoms with Crippen molar-refractivity contribution in [2.24, 2.45) is 0 Å². The average molecular weight is 180 g/mol. The largest absolute Gasteiger partial charge is 0.671 e. The highest BCUT2D eigenvalue weighted by molar-refractivity contribution is 6.48. The predicted octanol–water partition coefficient (Wildman–Crippen LogP) is -0.00420. The highest BCUT2D eigenvalue weighted by Gasteiger charge is 2.29. The molecule has 0 saturated heterocycles. The lowest BCUT2D eigenvalue weighted by atomic mass is 10.2. The van der Waals surface area contributed by atoms with Crippen molar-refractivity contribution in [1.29, 1.82) is 0 Å². The maximum Gasteiger partial charge on any atom is 0.671 e. The van der Waals surface area contributed by atoms with Gasteiger partial charge in [-0.05, 0) is 6.42 Å². The number of unbranched alkanes of at least 4 members (excludes halogenated alkanes) is 3. The van der Waals surface area contributed by atoms with Crippen LogP contribution in [0.4, 0.5) is 0 Å². The number of rotatable bonds is 6. The Bertz CT molecular complexity index is 91.1. The maximum absolute atomic E-state index is 8.40. The van der Waals surface area contributed by atoms with Crippen LogP contribution in [-0.4, -0.2) is 30.0 Å². The summed E-state index contributed by atoms with van der Waals surface area (Å²) in [7, 11) is -4.22. The van der Waals surface area contributed by atoms with Crippen molar-refractivity contribution in [3.8, 4) is 0 Å². The normalized spacial score (nSPS) is 12.0. The van der Waals surface area contributed by atoms with Gasteiger partial charge in [-0.3, -0.25) is 0 Å². The highest BCUT2D eigenvalue weighted by atomic mass is 28.4. The molecular weight excluding hydrogens is 164 g/mol. The van der Waals surface area contributed by atoms with Crippen LogP contribution in [-0.2, 0) is 4.43 Å². The smallest absolute Gasteiger partial charge is 0.368 e. The van der Waals surface area contributed by atoms with E-state index in [1.165, 1.54) is 0 Å². The van der Waals surface area contributed by atoms with Gasteiger partial charge in [-0.1, -0.05) is 26.2 Å². The molecule has 0 aromatic rings. The van der Waals surface area contributed by atoms with Gasteiger partial charge in [0.2, 0.25) is 0 Å². The molecule has 3 N–H and O–H groups in total. The van der Waals surface area contributed by atoms with Crippen molar-refractivity contribution in [3.05, 3.63) is 0 Å². The molecule has 0 heterocycles. The van der Waals surface area contributed by atoms with Gasteiger partial charge in [-0.2, -0.15) is 0 Å². The van der Waals surface area contributed by atoms with E-state index in [9.17, 15) is 0 Å². The summed E-state index contributed by atoms with van der Waals surface area (Å²) in [6.45, 7) is 2.32. The molecule has 0 atom stereocenters. The summed E-state index contributed by atoms with van der Waals surface area (Å²) >= 11 is 0. The van der Waals surface area contributed by atoms with E-state index in [0.717, 1.165) is 25.7 Å². The van der Waals surface area contributed by atoms with Crippen molar-refractivity contribution in [2.75, 3.05) is 6.61 Å².